The van der Waals surface area contributed by atoms with Crippen molar-refractivity contribution in [2.45, 2.75) is 18.9 Å². The Morgan fingerprint density at radius 3 is 2.70 bits per heavy atom. The highest BCUT2D eigenvalue weighted by atomic mass is 35.5. The molecule has 1 aromatic rings. The third-order valence-electron chi connectivity index (χ3n) is 3.98. The van der Waals surface area contributed by atoms with Gasteiger partial charge < -0.3 is 14.8 Å². The zero-order valence-corrected chi connectivity index (χ0v) is 14.6. The summed E-state index contributed by atoms with van der Waals surface area (Å²) in [6.45, 7) is 2.41. The van der Waals surface area contributed by atoms with Gasteiger partial charge in [-0.25, -0.2) is 0 Å². The fraction of sp³-hybridized carbons (Fsp3) is 0.562. The fourth-order valence-electron chi connectivity index (χ4n) is 2.55. The van der Waals surface area contributed by atoms with Crippen LogP contribution in [0.3, 0.4) is 0 Å². The predicted molar refractivity (Wildman–Crippen MR) is 95.6 cm³/mol. The lowest BCUT2D eigenvalue weighted by Gasteiger charge is -2.22. The minimum absolute atomic E-state index is 0. The number of rotatable bonds is 5. The molecule has 0 bridgehead atoms. The Morgan fingerprint density at radius 1 is 1.30 bits per heavy atom. The number of carbonyl (C=O) groups excluding carboxylic acids is 1. The largest absolute Gasteiger partial charge is 0.493 e. The highest BCUT2D eigenvalue weighted by Gasteiger charge is 2.22. The lowest BCUT2D eigenvalue weighted by atomic mass is 10.0. The third-order valence-corrected chi connectivity index (χ3v) is 4.92. The van der Waals surface area contributed by atoms with Crippen LogP contribution >= 0.6 is 24.2 Å². The van der Waals surface area contributed by atoms with Crippen molar-refractivity contribution < 1.29 is 14.3 Å². The lowest BCUT2D eigenvalue weighted by Crippen LogP contribution is -2.37. The zero-order valence-electron chi connectivity index (χ0n) is 13.0. The Kier molecular flexibility index (Phi) is 7.49. The molecular weight excluding hydrogens is 336 g/mol. The quantitative estimate of drug-likeness (QED) is 0.847. The number of anilines is 1. The van der Waals surface area contributed by atoms with Gasteiger partial charge in [0, 0.05) is 30.5 Å². The van der Waals surface area contributed by atoms with Crippen LogP contribution in [-0.4, -0.2) is 43.4 Å². The van der Waals surface area contributed by atoms with Crippen LogP contribution in [0.25, 0.3) is 0 Å². The predicted octanol–water partition coefficient (Wildman–Crippen LogP) is 2.51. The van der Waals surface area contributed by atoms with Gasteiger partial charge in [0.05, 0.1) is 12.6 Å². The van der Waals surface area contributed by atoms with E-state index in [0.29, 0.717) is 5.92 Å². The Bertz CT molecular complexity index is 489. The van der Waals surface area contributed by atoms with Crippen LogP contribution in [-0.2, 0) is 9.53 Å². The monoisotopic (exact) mass is 358 g/mol. The number of carbonyl (C=O) groups is 1. The molecule has 2 aliphatic rings. The minimum Gasteiger partial charge on any atom is -0.493 e. The summed E-state index contributed by atoms with van der Waals surface area (Å²) in [6.07, 6.45) is 2.14. The Labute approximate surface area is 147 Å². The van der Waals surface area contributed by atoms with Gasteiger partial charge in [0.2, 0.25) is 5.91 Å². The van der Waals surface area contributed by atoms with Crippen molar-refractivity contribution in [1.29, 1.82) is 0 Å². The second-order valence-corrected chi connectivity index (χ2v) is 6.68. The van der Waals surface area contributed by atoms with Gasteiger partial charge in [-0.1, -0.05) is 0 Å². The van der Waals surface area contributed by atoms with Gasteiger partial charge >= 0.3 is 0 Å². The molecule has 128 valence electrons. The lowest BCUT2D eigenvalue weighted by molar-refractivity contribution is -0.117. The van der Waals surface area contributed by atoms with Gasteiger partial charge in [-0.2, -0.15) is 0 Å². The van der Waals surface area contributed by atoms with Crippen LogP contribution in [0.1, 0.15) is 12.8 Å². The van der Waals surface area contributed by atoms with Gasteiger partial charge in [0.15, 0.2) is 0 Å². The van der Waals surface area contributed by atoms with E-state index in [-0.39, 0.29) is 24.4 Å². The highest BCUT2D eigenvalue weighted by Crippen LogP contribution is 2.20. The summed E-state index contributed by atoms with van der Waals surface area (Å²) < 4.78 is 11.2. The molecule has 5 nitrogen and oxygen atoms in total. The van der Waals surface area contributed by atoms with Crippen molar-refractivity contribution >= 4 is 35.8 Å². The minimum atomic E-state index is -0.0885. The summed E-state index contributed by atoms with van der Waals surface area (Å²) in [4.78, 5) is 12.0. The van der Waals surface area contributed by atoms with E-state index in [0.717, 1.165) is 55.7 Å². The molecule has 0 spiro atoms. The van der Waals surface area contributed by atoms with E-state index < -0.39 is 0 Å². The second-order valence-electron chi connectivity index (χ2n) is 5.65. The summed E-state index contributed by atoms with van der Waals surface area (Å²) >= 11 is 1.74. The first-order valence-corrected chi connectivity index (χ1v) is 8.89. The van der Waals surface area contributed by atoms with E-state index in [4.69, 9.17) is 9.47 Å². The van der Waals surface area contributed by atoms with Crippen LogP contribution in [0.4, 0.5) is 5.69 Å². The standard InChI is InChI=1S/C16H22N2O3S.ClH/c19-16(15-10-22-11-17-15)18-13-1-3-14(4-2-13)21-9-12-5-7-20-8-6-12;/h1-4,12,15,17H,5-11H2,(H,18,19);1H. The molecule has 1 unspecified atom stereocenters. The first-order chi connectivity index (χ1) is 10.8. The molecule has 3 rings (SSSR count). The molecule has 2 fully saturated rings. The number of hydrogen-bond acceptors (Lipinski definition) is 5. The number of halogens is 1. The number of ether oxygens (including phenoxy) is 2. The van der Waals surface area contributed by atoms with E-state index in [1.807, 2.05) is 24.3 Å². The maximum absolute atomic E-state index is 12.0. The van der Waals surface area contributed by atoms with Crippen molar-refractivity contribution in [2.75, 3.05) is 36.8 Å². The molecule has 2 N–H and O–H groups in total. The van der Waals surface area contributed by atoms with E-state index in [9.17, 15) is 4.79 Å². The molecule has 1 amide bonds. The molecule has 2 heterocycles. The van der Waals surface area contributed by atoms with Crippen molar-refractivity contribution in [1.82, 2.24) is 5.32 Å². The summed E-state index contributed by atoms with van der Waals surface area (Å²) in [6, 6.07) is 7.50. The molecule has 1 aromatic carbocycles. The molecule has 1 atom stereocenters. The zero-order chi connectivity index (χ0) is 15.2. The molecule has 0 radical (unpaired) electrons. The Balaban J connectivity index is 0.00000192. The smallest absolute Gasteiger partial charge is 0.242 e. The van der Waals surface area contributed by atoms with Gasteiger partial charge in [-0.3, -0.25) is 10.1 Å². The molecule has 7 heteroatoms. The van der Waals surface area contributed by atoms with Crippen molar-refractivity contribution in [3.8, 4) is 5.75 Å². The topological polar surface area (TPSA) is 59.6 Å². The highest BCUT2D eigenvalue weighted by molar-refractivity contribution is 7.99. The van der Waals surface area contributed by atoms with E-state index in [1.165, 1.54) is 0 Å². The van der Waals surface area contributed by atoms with Crippen LogP contribution in [0.5, 0.6) is 5.75 Å². The number of amides is 1. The average Bonchev–Trinajstić information content (AvgIpc) is 3.10. The summed E-state index contributed by atoms with van der Waals surface area (Å²) in [7, 11) is 0. The third kappa shape index (κ3) is 5.57. The number of nitrogens with one attached hydrogen (secondary N) is 2. The molecule has 2 saturated heterocycles. The second kappa shape index (κ2) is 9.37. The summed E-state index contributed by atoms with van der Waals surface area (Å²) in [5.74, 6) is 3.13. The molecular formula is C16H23ClN2O3S. The summed E-state index contributed by atoms with van der Waals surface area (Å²) in [5, 5.41) is 6.09. The molecule has 0 aliphatic carbocycles. The van der Waals surface area contributed by atoms with Gasteiger partial charge in [0.1, 0.15) is 5.75 Å². The number of hydrogen-bond donors (Lipinski definition) is 2. The van der Waals surface area contributed by atoms with E-state index in [2.05, 4.69) is 10.6 Å². The first-order valence-electron chi connectivity index (χ1n) is 7.74. The fourth-order valence-corrected chi connectivity index (χ4v) is 3.50. The van der Waals surface area contributed by atoms with Gasteiger partial charge in [0.25, 0.3) is 0 Å². The normalized spacial score (nSPS) is 21.5. The maximum Gasteiger partial charge on any atom is 0.242 e. The van der Waals surface area contributed by atoms with Crippen LogP contribution in [0.2, 0.25) is 0 Å². The van der Waals surface area contributed by atoms with Crippen molar-refractivity contribution in [3.63, 3.8) is 0 Å². The average molecular weight is 359 g/mol. The molecule has 23 heavy (non-hydrogen) atoms. The SMILES string of the molecule is Cl.O=C(Nc1ccc(OCC2CCOCC2)cc1)C1CSCN1. The van der Waals surface area contributed by atoms with Crippen LogP contribution in [0, 0.1) is 5.92 Å². The van der Waals surface area contributed by atoms with E-state index >= 15 is 0 Å². The van der Waals surface area contributed by atoms with Crippen molar-refractivity contribution in [3.05, 3.63) is 24.3 Å². The van der Waals surface area contributed by atoms with Gasteiger partial charge in [-0.15, -0.1) is 24.2 Å². The van der Waals surface area contributed by atoms with Crippen LogP contribution < -0.4 is 15.4 Å². The van der Waals surface area contributed by atoms with Gasteiger partial charge in [-0.05, 0) is 43.0 Å². The number of thioether (sulfide) groups is 1. The molecule has 2 aliphatic heterocycles. The Morgan fingerprint density at radius 2 is 2.04 bits per heavy atom. The molecule has 0 saturated carbocycles. The Hall–Kier alpha value is -0.950. The first kappa shape index (κ1) is 18.4. The number of benzene rings is 1. The maximum atomic E-state index is 12.0. The van der Waals surface area contributed by atoms with E-state index in [1.54, 1.807) is 11.8 Å². The van der Waals surface area contributed by atoms with Crippen molar-refractivity contribution in [2.24, 2.45) is 5.92 Å². The summed E-state index contributed by atoms with van der Waals surface area (Å²) in [5.41, 5.74) is 0.808. The molecule has 0 aromatic heterocycles. The van der Waals surface area contributed by atoms with Crippen LogP contribution in [0.15, 0.2) is 24.3 Å².